The van der Waals surface area contributed by atoms with Gasteiger partial charge < -0.3 is 9.84 Å². The number of alkyl halides is 2. The van der Waals surface area contributed by atoms with Crippen LogP contribution in [-0.4, -0.2) is 40.0 Å². The monoisotopic (exact) mass is 492 g/mol. The molecule has 35 heavy (non-hydrogen) atoms. The summed E-state index contributed by atoms with van der Waals surface area (Å²) < 4.78 is 34.5. The minimum Gasteiger partial charge on any atom is -0.390 e. The van der Waals surface area contributed by atoms with Crippen molar-refractivity contribution in [3.8, 4) is 0 Å². The summed E-state index contributed by atoms with van der Waals surface area (Å²) in [4.78, 5) is 13.5. The third-order valence-corrected chi connectivity index (χ3v) is 10.9. The summed E-state index contributed by atoms with van der Waals surface area (Å²) in [5.74, 6) is -0.703. The van der Waals surface area contributed by atoms with Crippen LogP contribution in [0.3, 0.4) is 0 Å². The van der Waals surface area contributed by atoms with Crippen LogP contribution in [0.2, 0.25) is 0 Å². The molecule has 0 amide bonds. The number of carbonyl (C=O) groups excluding carboxylic acids is 1. The lowest BCUT2D eigenvalue weighted by Crippen LogP contribution is -2.58. The highest BCUT2D eigenvalue weighted by molar-refractivity contribution is 5.82. The van der Waals surface area contributed by atoms with Crippen LogP contribution in [0.4, 0.5) is 8.78 Å². The molecule has 1 heterocycles. The van der Waals surface area contributed by atoms with Crippen molar-refractivity contribution in [1.82, 2.24) is 9.78 Å². The van der Waals surface area contributed by atoms with Gasteiger partial charge in [0.25, 0.3) is 5.92 Å². The Hall–Kier alpha value is -1.34. The molecule has 5 nitrogen and oxygen atoms in total. The van der Waals surface area contributed by atoms with Gasteiger partial charge in [0, 0.05) is 26.1 Å². The molecule has 0 spiro atoms. The average Bonchev–Trinajstić information content (AvgIpc) is 3.38. The predicted molar refractivity (Wildman–Crippen MR) is 129 cm³/mol. The molecule has 4 fully saturated rings. The number of nitrogens with zero attached hydrogens (tertiary/aromatic N) is 2. The molecule has 0 bridgehead atoms. The summed E-state index contributed by atoms with van der Waals surface area (Å²) in [6, 6.07) is 1.31. The van der Waals surface area contributed by atoms with E-state index in [9.17, 15) is 18.7 Å². The number of aliphatic hydroxyl groups is 1. The normalized spacial score (nSPS) is 43.3. The van der Waals surface area contributed by atoms with E-state index in [0.717, 1.165) is 64.9 Å². The first-order valence-corrected chi connectivity index (χ1v) is 13.6. The molecule has 7 heteroatoms. The topological polar surface area (TPSA) is 64.3 Å². The molecular formula is C28H42F2N2O3. The van der Waals surface area contributed by atoms with E-state index >= 15 is 0 Å². The summed E-state index contributed by atoms with van der Waals surface area (Å²) in [7, 11) is 1.81. The van der Waals surface area contributed by atoms with Crippen molar-refractivity contribution in [2.45, 2.75) is 96.6 Å². The van der Waals surface area contributed by atoms with Gasteiger partial charge in [-0.3, -0.25) is 9.48 Å². The van der Waals surface area contributed by atoms with Gasteiger partial charge in [-0.25, -0.2) is 0 Å². The highest BCUT2D eigenvalue weighted by atomic mass is 19.3. The molecule has 0 aliphatic heterocycles. The first-order valence-electron chi connectivity index (χ1n) is 13.6. The van der Waals surface area contributed by atoms with E-state index in [2.05, 4.69) is 12.0 Å². The van der Waals surface area contributed by atoms with Gasteiger partial charge in [0.15, 0.2) is 5.78 Å². The van der Waals surface area contributed by atoms with E-state index in [0.29, 0.717) is 23.7 Å². The van der Waals surface area contributed by atoms with Crippen LogP contribution in [-0.2, 0) is 22.0 Å². The molecule has 0 radical (unpaired) electrons. The van der Waals surface area contributed by atoms with Crippen molar-refractivity contribution in [3.05, 3.63) is 18.0 Å². The second-order valence-electron chi connectivity index (χ2n) is 12.9. The summed E-state index contributed by atoms with van der Waals surface area (Å²) >= 11 is 0. The molecule has 1 N–H and O–H groups in total. The first kappa shape index (κ1) is 25.3. The van der Waals surface area contributed by atoms with E-state index in [1.807, 2.05) is 14.0 Å². The molecule has 4 aliphatic carbocycles. The Morgan fingerprint density at radius 2 is 1.94 bits per heavy atom. The Kier molecular flexibility index (Phi) is 6.23. The second kappa shape index (κ2) is 8.61. The molecule has 5 rings (SSSR count). The number of Topliss-reactive ketones (excluding diaryl/α,β-unsaturated/α-hetero) is 1. The van der Waals surface area contributed by atoms with E-state index < -0.39 is 11.5 Å². The number of fused-ring (bicyclic) bond motifs is 5. The summed E-state index contributed by atoms with van der Waals surface area (Å²) in [5.41, 5.74) is -0.755. The fraction of sp³-hybridized carbons (Fsp3) is 0.857. The average molecular weight is 493 g/mol. The zero-order valence-electron chi connectivity index (χ0n) is 21.7. The molecule has 1 aromatic heterocycles. The van der Waals surface area contributed by atoms with Crippen LogP contribution in [0.5, 0.6) is 0 Å². The van der Waals surface area contributed by atoms with E-state index in [4.69, 9.17) is 4.74 Å². The van der Waals surface area contributed by atoms with Gasteiger partial charge in [0.1, 0.15) is 5.69 Å². The van der Waals surface area contributed by atoms with Gasteiger partial charge in [-0.1, -0.05) is 6.92 Å². The highest BCUT2D eigenvalue weighted by Crippen LogP contribution is 2.68. The molecule has 0 unspecified atom stereocenters. The van der Waals surface area contributed by atoms with Crippen molar-refractivity contribution in [2.75, 3.05) is 13.7 Å². The number of rotatable bonds is 6. The quantitative estimate of drug-likeness (QED) is 0.561. The number of aromatic nitrogens is 2. The summed E-state index contributed by atoms with van der Waals surface area (Å²) in [6.07, 6.45) is 10.6. The first-order chi connectivity index (χ1) is 16.4. The van der Waals surface area contributed by atoms with Gasteiger partial charge in [-0.2, -0.15) is 13.9 Å². The Morgan fingerprint density at radius 3 is 2.63 bits per heavy atom. The Labute approximate surface area is 208 Å². The standard InChI is InChI=1S/C28H42F2N2O3/c1-25(34)12-13-28(17-35-4)18(15-25)5-6-19-20-7-8-22(26(20,2)11-9-21(19)28)23(33)16-32-14-10-24(31-32)27(3,29)30/h10,14,18-22,34H,5-9,11-13,15-17H2,1-4H3/t18-,19+,20+,21+,22-,25-,26+,28-/m1/s1. The van der Waals surface area contributed by atoms with Crippen molar-refractivity contribution in [1.29, 1.82) is 0 Å². The van der Waals surface area contributed by atoms with E-state index in [-0.39, 0.29) is 34.8 Å². The molecule has 8 atom stereocenters. The molecule has 1 aromatic rings. The smallest absolute Gasteiger partial charge is 0.288 e. The third-order valence-electron chi connectivity index (χ3n) is 10.9. The lowest BCUT2D eigenvalue weighted by atomic mass is 9.43. The van der Waals surface area contributed by atoms with Crippen LogP contribution in [0.1, 0.15) is 84.3 Å². The fourth-order valence-corrected chi connectivity index (χ4v) is 9.27. The van der Waals surface area contributed by atoms with Gasteiger partial charge in [0.05, 0.1) is 18.8 Å². The van der Waals surface area contributed by atoms with Gasteiger partial charge in [-0.05, 0) is 105 Å². The maximum Gasteiger partial charge on any atom is 0.288 e. The second-order valence-corrected chi connectivity index (χ2v) is 12.9. The largest absolute Gasteiger partial charge is 0.390 e. The Bertz CT molecular complexity index is 956. The lowest BCUT2D eigenvalue weighted by molar-refractivity contribution is -0.175. The molecule has 0 aromatic carbocycles. The maximum atomic E-state index is 13.6. The zero-order chi connectivity index (χ0) is 25.2. The molecule has 4 aliphatic rings. The number of ketones is 1. The zero-order valence-corrected chi connectivity index (χ0v) is 21.7. The number of ether oxygens (including phenoxy) is 1. The van der Waals surface area contributed by atoms with Crippen molar-refractivity contribution in [2.24, 2.45) is 40.4 Å². The van der Waals surface area contributed by atoms with Crippen LogP contribution in [0.15, 0.2) is 12.3 Å². The number of methoxy groups -OCH3 is 1. The van der Waals surface area contributed by atoms with Crippen LogP contribution < -0.4 is 0 Å². The Morgan fingerprint density at radius 1 is 1.17 bits per heavy atom. The van der Waals surface area contributed by atoms with Crippen molar-refractivity contribution in [3.63, 3.8) is 0 Å². The van der Waals surface area contributed by atoms with Crippen molar-refractivity contribution >= 4 is 5.78 Å². The summed E-state index contributed by atoms with van der Waals surface area (Å²) in [5, 5.41) is 14.8. The summed E-state index contributed by atoms with van der Waals surface area (Å²) in [6.45, 7) is 5.98. The van der Waals surface area contributed by atoms with E-state index in [1.165, 1.54) is 23.4 Å². The number of hydrogen-bond donors (Lipinski definition) is 1. The molecule has 4 saturated carbocycles. The minimum atomic E-state index is -3.00. The molecule has 196 valence electrons. The van der Waals surface area contributed by atoms with E-state index in [1.54, 1.807) is 0 Å². The molecule has 0 saturated heterocycles. The molecular weight excluding hydrogens is 450 g/mol. The SMILES string of the molecule is COC[C@]12CC[C@@](C)(O)C[C@H]1CC[C@H]1[C@@H]3CC[C@H](C(=O)Cn4ccc(C(C)(F)F)n4)[C@@]3(C)CC[C@@H]12. The lowest BCUT2D eigenvalue weighted by Gasteiger charge is -2.62. The highest BCUT2D eigenvalue weighted by Gasteiger charge is 2.63. The minimum absolute atomic E-state index is 0.0357. The fourth-order valence-electron chi connectivity index (χ4n) is 9.27. The number of halogens is 2. The van der Waals surface area contributed by atoms with Gasteiger partial charge in [-0.15, -0.1) is 0 Å². The van der Waals surface area contributed by atoms with Crippen molar-refractivity contribution < 1.29 is 23.4 Å². The van der Waals surface area contributed by atoms with Crippen LogP contribution >= 0.6 is 0 Å². The maximum absolute atomic E-state index is 13.6. The van der Waals surface area contributed by atoms with Crippen LogP contribution in [0.25, 0.3) is 0 Å². The van der Waals surface area contributed by atoms with Gasteiger partial charge >= 0.3 is 0 Å². The number of hydrogen-bond acceptors (Lipinski definition) is 4. The van der Waals surface area contributed by atoms with Crippen LogP contribution in [0, 0.1) is 40.4 Å². The number of carbonyl (C=O) groups is 1. The van der Waals surface area contributed by atoms with Gasteiger partial charge in [0.2, 0.25) is 0 Å². The predicted octanol–water partition coefficient (Wildman–Crippen LogP) is 5.60. The Balaban J connectivity index is 1.34. The third kappa shape index (κ3) is 4.18.